The van der Waals surface area contributed by atoms with Crippen molar-refractivity contribution in [3.05, 3.63) is 34.6 Å². The summed E-state index contributed by atoms with van der Waals surface area (Å²) in [6.45, 7) is 2.83. The molecular formula is C10H10ClFO2. The smallest absolute Gasteiger partial charge is 0.313 e. The van der Waals surface area contributed by atoms with Crippen molar-refractivity contribution in [2.24, 2.45) is 0 Å². The number of carbonyl (C=O) groups is 1. The molecule has 2 nitrogen and oxygen atoms in total. The lowest BCUT2D eigenvalue weighted by atomic mass is 9.84. The highest BCUT2D eigenvalue weighted by molar-refractivity contribution is 6.31. The minimum absolute atomic E-state index is 0.0224. The van der Waals surface area contributed by atoms with Gasteiger partial charge in [-0.2, -0.15) is 0 Å². The van der Waals surface area contributed by atoms with Gasteiger partial charge in [0.05, 0.1) is 5.41 Å². The Morgan fingerprint density at radius 1 is 1.50 bits per heavy atom. The molecule has 0 unspecified atom stereocenters. The van der Waals surface area contributed by atoms with Crippen molar-refractivity contribution in [2.75, 3.05) is 0 Å². The van der Waals surface area contributed by atoms with Gasteiger partial charge in [-0.05, 0) is 26.0 Å². The average Bonchev–Trinajstić information content (AvgIpc) is 2.02. The van der Waals surface area contributed by atoms with Crippen LogP contribution in [-0.2, 0) is 10.2 Å². The second-order valence-corrected chi connectivity index (χ2v) is 3.93. The van der Waals surface area contributed by atoms with Gasteiger partial charge < -0.3 is 5.11 Å². The predicted octanol–water partition coefficient (Wildman–Crippen LogP) is 2.84. The molecule has 0 heterocycles. The first-order chi connectivity index (χ1) is 6.37. The minimum Gasteiger partial charge on any atom is -0.481 e. The number of benzene rings is 1. The molecule has 14 heavy (non-hydrogen) atoms. The highest BCUT2D eigenvalue weighted by Crippen LogP contribution is 2.32. The van der Waals surface area contributed by atoms with Crippen molar-refractivity contribution in [1.82, 2.24) is 0 Å². The molecule has 1 aromatic carbocycles. The first kappa shape index (κ1) is 11.0. The molecule has 1 aromatic rings. The molecule has 0 fully saturated rings. The van der Waals surface area contributed by atoms with Gasteiger partial charge in [0.2, 0.25) is 0 Å². The molecule has 0 saturated heterocycles. The highest BCUT2D eigenvalue weighted by atomic mass is 35.5. The zero-order valence-corrected chi connectivity index (χ0v) is 8.60. The van der Waals surface area contributed by atoms with E-state index >= 15 is 0 Å². The molecule has 76 valence electrons. The Morgan fingerprint density at radius 2 is 2.07 bits per heavy atom. The van der Waals surface area contributed by atoms with Gasteiger partial charge in [-0.15, -0.1) is 0 Å². The van der Waals surface area contributed by atoms with Crippen molar-refractivity contribution < 1.29 is 14.3 Å². The van der Waals surface area contributed by atoms with Gasteiger partial charge >= 0.3 is 5.97 Å². The fraction of sp³-hybridized carbons (Fsp3) is 0.300. The van der Waals surface area contributed by atoms with E-state index in [2.05, 4.69) is 0 Å². The van der Waals surface area contributed by atoms with E-state index in [1.54, 1.807) is 0 Å². The molecule has 0 atom stereocenters. The number of rotatable bonds is 2. The molecule has 0 aliphatic carbocycles. The lowest BCUT2D eigenvalue weighted by Crippen LogP contribution is -2.30. The van der Waals surface area contributed by atoms with Crippen LogP contribution in [0.5, 0.6) is 0 Å². The number of halogens is 2. The molecule has 0 spiro atoms. The Kier molecular flexibility index (Phi) is 2.81. The maximum Gasteiger partial charge on any atom is 0.313 e. The third-order valence-electron chi connectivity index (χ3n) is 2.12. The fourth-order valence-electron chi connectivity index (χ4n) is 1.20. The molecule has 0 aromatic heterocycles. The van der Waals surface area contributed by atoms with Gasteiger partial charge in [-0.3, -0.25) is 4.79 Å². The molecule has 0 amide bonds. The summed E-state index contributed by atoms with van der Waals surface area (Å²) in [6, 6.07) is 4.12. The lowest BCUT2D eigenvalue weighted by Gasteiger charge is -2.21. The van der Waals surface area contributed by atoms with Crippen molar-refractivity contribution in [3.8, 4) is 0 Å². The van der Waals surface area contributed by atoms with Gasteiger partial charge in [0.15, 0.2) is 0 Å². The van der Waals surface area contributed by atoms with E-state index in [1.165, 1.54) is 32.0 Å². The van der Waals surface area contributed by atoms with Gasteiger partial charge in [0, 0.05) is 10.6 Å². The largest absolute Gasteiger partial charge is 0.481 e. The number of carboxylic acid groups (broad SMARTS) is 1. The first-order valence-electron chi connectivity index (χ1n) is 4.05. The van der Waals surface area contributed by atoms with Crippen LogP contribution in [0, 0.1) is 5.82 Å². The Balaban J connectivity index is 3.38. The van der Waals surface area contributed by atoms with Crippen LogP contribution in [0.1, 0.15) is 19.4 Å². The molecule has 1 rings (SSSR count). The first-order valence-corrected chi connectivity index (χ1v) is 4.43. The predicted molar refractivity (Wildman–Crippen MR) is 52.1 cm³/mol. The van der Waals surface area contributed by atoms with Crippen LogP contribution in [-0.4, -0.2) is 11.1 Å². The fourth-order valence-corrected chi connectivity index (χ4v) is 1.60. The highest BCUT2D eigenvalue weighted by Gasteiger charge is 2.34. The summed E-state index contributed by atoms with van der Waals surface area (Å²) in [5.74, 6) is -1.70. The van der Waals surface area contributed by atoms with Gasteiger partial charge in [0.1, 0.15) is 5.82 Å². The maximum atomic E-state index is 13.4. The molecule has 0 radical (unpaired) electrons. The van der Waals surface area contributed by atoms with Crippen LogP contribution in [0.4, 0.5) is 4.39 Å². The SMILES string of the molecule is CC(C)(C(=O)O)c1c(F)cccc1Cl. The Morgan fingerprint density at radius 3 is 2.50 bits per heavy atom. The normalized spacial score (nSPS) is 11.4. The maximum absolute atomic E-state index is 13.4. The summed E-state index contributed by atoms with van der Waals surface area (Å²) in [7, 11) is 0. The zero-order valence-electron chi connectivity index (χ0n) is 7.84. The number of carboxylic acids is 1. The zero-order chi connectivity index (χ0) is 10.9. The third kappa shape index (κ3) is 1.73. The van der Waals surface area contributed by atoms with Crippen molar-refractivity contribution in [1.29, 1.82) is 0 Å². The quantitative estimate of drug-likeness (QED) is 0.826. The van der Waals surface area contributed by atoms with Crippen LogP contribution < -0.4 is 0 Å². The van der Waals surface area contributed by atoms with E-state index in [0.717, 1.165) is 0 Å². The summed E-state index contributed by atoms with van der Waals surface area (Å²) < 4.78 is 13.4. The number of hydrogen-bond donors (Lipinski definition) is 1. The minimum atomic E-state index is -1.32. The summed E-state index contributed by atoms with van der Waals surface area (Å²) in [5, 5.41) is 9.05. The van der Waals surface area contributed by atoms with Gasteiger partial charge in [-0.1, -0.05) is 17.7 Å². The monoisotopic (exact) mass is 216 g/mol. The summed E-state index contributed by atoms with van der Waals surface area (Å²) in [6.07, 6.45) is 0. The van der Waals surface area contributed by atoms with Crippen LogP contribution in [0.25, 0.3) is 0 Å². The summed E-state index contributed by atoms with van der Waals surface area (Å²) in [5.41, 5.74) is -1.29. The van der Waals surface area contributed by atoms with Crippen LogP contribution in [0.3, 0.4) is 0 Å². The standard InChI is InChI=1S/C10H10ClFO2/c1-10(2,9(13)14)8-6(11)4-3-5-7(8)12/h3-5H,1-2H3,(H,13,14). The van der Waals surface area contributed by atoms with Crippen LogP contribution in [0.2, 0.25) is 5.02 Å². The summed E-state index contributed by atoms with van der Waals surface area (Å²) >= 11 is 5.75. The molecule has 0 bridgehead atoms. The molecule has 0 aliphatic rings. The van der Waals surface area contributed by atoms with E-state index < -0.39 is 17.2 Å². The van der Waals surface area contributed by atoms with E-state index in [1.807, 2.05) is 0 Å². The van der Waals surface area contributed by atoms with Crippen molar-refractivity contribution in [3.63, 3.8) is 0 Å². The Hall–Kier alpha value is -1.09. The molecule has 1 N–H and O–H groups in total. The van der Waals surface area contributed by atoms with Crippen molar-refractivity contribution >= 4 is 17.6 Å². The van der Waals surface area contributed by atoms with Gasteiger partial charge in [0.25, 0.3) is 0 Å². The molecule has 0 aliphatic heterocycles. The molecule has 0 saturated carbocycles. The topological polar surface area (TPSA) is 37.3 Å². The Labute approximate surface area is 86.3 Å². The number of hydrogen-bond acceptors (Lipinski definition) is 1. The second-order valence-electron chi connectivity index (χ2n) is 3.53. The van der Waals surface area contributed by atoms with Crippen LogP contribution >= 0.6 is 11.6 Å². The van der Waals surface area contributed by atoms with Crippen molar-refractivity contribution in [2.45, 2.75) is 19.3 Å². The van der Waals surface area contributed by atoms with E-state index in [-0.39, 0.29) is 10.6 Å². The molecular weight excluding hydrogens is 207 g/mol. The molecule has 4 heteroatoms. The van der Waals surface area contributed by atoms with E-state index in [9.17, 15) is 9.18 Å². The average molecular weight is 217 g/mol. The van der Waals surface area contributed by atoms with E-state index in [0.29, 0.717) is 0 Å². The summed E-state index contributed by atoms with van der Waals surface area (Å²) in [4.78, 5) is 10.9. The van der Waals surface area contributed by atoms with Crippen LogP contribution in [0.15, 0.2) is 18.2 Å². The third-order valence-corrected chi connectivity index (χ3v) is 2.44. The number of aliphatic carboxylic acids is 1. The lowest BCUT2D eigenvalue weighted by molar-refractivity contribution is -0.142. The second kappa shape index (κ2) is 3.58. The van der Waals surface area contributed by atoms with Gasteiger partial charge in [-0.25, -0.2) is 4.39 Å². The van der Waals surface area contributed by atoms with E-state index in [4.69, 9.17) is 16.7 Å². The Bertz CT molecular complexity index is 354.